The van der Waals surface area contributed by atoms with Crippen molar-refractivity contribution in [1.29, 1.82) is 0 Å². The molecule has 156 valence electrons. The summed E-state index contributed by atoms with van der Waals surface area (Å²) in [5.41, 5.74) is 0.395. The van der Waals surface area contributed by atoms with Gasteiger partial charge < -0.3 is 10.1 Å². The second-order valence-electron chi connectivity index (χ2n) is 8.68. The molecule has 0 fully saturated rings. The molecule has 0 bridgehead atoms. The highest BCUT2D eigenvalue weighted by Gasteiger charge is 2.27. The molecule has 0 aliphatic heterocycles. The van der Waals surface area contributed by atoms with E-state index in [4.69, 9.17) is 16.3 Å². The van der Waals surface area contributed by atoms with Crippen LogP contribution in [0.15, 0.2) is 54.9 Å². The van der Waals surface area contributed by atoms with Gasteiger partial charge in [-0.15, -0.1) is 0 Å². The number of amides is 1. The van der Waals surface area contributed by atoms with Gasteiger partial charge >= 0.3 is 6.09 Å². The minimum Gasteiger partial charge on any atom is -0.444 e. The standard InChI is InChI=1S/C24H25ClN2O3/c1-23(2,3)30-22(29)27-24(4,5)16-9-10-19(20(25)13-16)21(28)18-8-6-7-15-14-26-12-11-17(15)18/h6-14H,1-5H3,(H,27,29). The van der Waals surface area contributed by atoms with Crippen molar-refractivity contribution in [2.45, 2.75) is 45.8 Å². The molecule has 5 nitrogen and oxygen atoms in total. The van der Waals surface area contributed by atoms with Crippen molar-refractivity contribution in [3.8, 4) is 0 Å². The van der Waals surface area contributed by atoms with Gasteiger partial charge in [0.2, 0.25) is 0 Å². The minimum atomic E-state index is -0.737. The Morgan fingerprint density at radius 2 is 1.73 bits per heavy atom. The number of carbonyl (C=O) groups is 2. The van der Waals surface area contributed by atoms with E-state index in [0.717, 1.165) is 16.3 Å². The van der Waals surface area contributed by atoms with Gasteiger partial charge in [-0.2, -0.15) is 0 Å². The summed E-state index contributed by atoms with van der Waals surface area (Å²) in [5.74, 6) is -0.166. The number of hydrogen-bond acceptors (Lipinski definition) is 4. The first-order valence-corrected chi connectivity index (χ1v) is 10.0. The van der Waals surface area contributed by atoms with Crippen LogP contribution in [0.1, 0.15) is 56.1 Å². The van der Waals surface area contributed by atoms with Crippen molar-refractivity contribution < 1.29 is 14.3 Å². The molecule has 1 amide bonds. The van der Waals surface area contributed by atoms with Gasteiger partial charge in [-0.3, -0.25) is 9.78 Å². The minimum absolute atomic E-state index is 0.166. The molecule has 0 spiro atoms. The molecule has 0 radical (unpaired) electrons. The van der Waals surface area contributed by atoms with Crippen LogP contribution in [-0.2, 0) is 10.3 Å². The molecule has 3 rings (SSSR count). The van der Waals surface area contributed by atoms with E-state index in [1.807, 2.05) is 32.0 Å². The SMILES string of the molecule is CC(C)(C)OC(=O)NC(C)(C)c1ccc(C(=O)c2cccc3cnccc23)c(Cl)c1. The van der Waals surface area contributed by atoms with Crippen LogP contribution in [0.5, 0.6) is 0 Å². The fourth-order valence-corrected chi connectivity index (χ4v) is 3.45. The molecule has 0 aliphatic carbocycles. The van der Waals surface area contributed by atoms with Crippen LogP contribution in [-0.4, -0.2) is 22.5 Å². The maximum absolute atomic E-state index is 13.2. The summed E-state index contributed by atoms with van der Waals surface area (Å²) in [6.07, 6.45) is 2.87. The van der Waals surface area contributed by atoms with Gasteiger partial charge in [-0.25, -0.2) is 4.79 Å². The second kappa shape index (κ2) is 8.07. The third-order valence-electron chi connectivity index (χ3n) is 4.67. The zero-order valence-electron chi connectivity index (χ0n) is 17.7. The predicted molar refractivity (Wildman–Crippen MR) is 119 cm³/mol. The maximum Gasteiger partial charge on any atom is 0.408 e. The third-order valence-corrected chi connectivity index (χ3v) is 4.99. The van der Waals surface area contributed by atoms with Crippen LogP contribution in [0.2, 0.25) is 5.02 Å². The number of hydrogen-bond donors (Lipinski definition) is 1. The lowest BCUT2D eigenvalue weighted by Crippen LogP contribution is -2.43. The van der Waals surface area contributed by atoms with Gasteiger partial charge in [0, 0.05) is 28.9 Å². The number of benzene rings is 2. The topological polar surface area (TPSA) is 68.3 Å². The monoisotopic (exact) mass is 424 g/mol. The highest BCUT2D eigenvalue weighted by Crippen LogP contribution is 2.29. The Balaban J connectivity index is 1.89. The van der Waals surface area contributed by atoms with E-state index in [9.17, 15) is 9.59 Å². The van der Waals surface area contributed by atoms with Gasteiger partial charge in [0.1, 0.15) is 5.60 Å². The zero-order valence-corrected chi connectivity index (χ0v) is 18.5. The first-order chi connectivity index (χ1) is 14.0. The number of alkyl carbamates (subject to hydrolysis) is 1. The Morgan fingerprint density at radius 3 is 2.40 bits per heavy atom. The lowest BCUT2D eigenvalue weighted by Gasteiger charge is -2.29. The Kier molecular flexibility index (Phi) is 5.86. The van der Waals surface area contributed by atoms with Crippen molar-refractivity contribution in [1.82, 2.24) is 10.3 Å². The Bertz CT molecular complexity index is 1110. The highest BCUT2D eigenvalue weighted by molar-refractivity contribution is 6.35. The summed E-state index contributed by atoms with van der Waals surface area (Å²) >= 11 is 6.50. The van der Waals surface area contributed by atoms with Gasteiger partial charge in [-0.05, 0) is 63.8 Å². The second-order valence-corrected chi connectivity index (χ2v) is 9.09. The van der Waals surface area contributed by atoms with E-state index in [1.54, 1.807) is 57.4 Å². The number of nitrogens with zero attached hydrogens (tertiary/aromatic N) is 1. The number of fused-ring (bicyclic) bond motifs is 1. The average molecular weight is 425 g/mol. The highest BCUT2D eigenvalue weighted by atomic mass is 35.5. The largest absolute Gasteiger partial charge is 0.444 e. The number of ketones is 1. The molecule has 1 aromatic heterocycles. The first-order valence-electron chi connectivity index (χ1n) is 9.66. The third kappa shape index (κ3) is 4.79. The predicted octanol–water partition coefficient (Wildman–Crippen LogP) is 5.88. The molecule has 3 aromatic rings. The summed E-state index contributed by atoms with van der Waals surface area (Å²) in [6.45, 7) is 9.12. The molecule has 1 N–H and O–H groups in total. The number of aromatic nitrogens is 1. The molecule has 1 heterocycles. The van der Waals surface area contributed by atoms with Crippen LogP contribution in [0.3, 0.4) is 0 Å². The van der Waals surface area contributed by atoms with Gasteiger partial charge in [-0.1, -0.05) is 35.9 Å². The molecular weight excluding hydrogens is 400 g/mol. The molecular formula is C24H25ClN2O3. The smallest absolute Gasteiger partial charge is 0.408 e. The molecule has 0 aliphatic rings. The Hall–Kier alpha value is -2.92. The Morgan fingerprint density at radius 1 is 1.00 bits per heavy atom. The lowest BCUT2D eigenvalue weighted by atomic mass is 9.91. The quantitative estimate of drug-likeness (QED) is 0.531. The number of rotatable bonds is 4. The van der Waals surface area contributed by atoms with E-state index in [1.165, 1.54) is 0 Å². The fourth-order valence-electron chi connectivity index (χ4n) is 3.18. The molecule has 0 unspecified atom stereocenters. The van der Waals surface area contributed by atoms with Crippen molar-refractivity contribution in [3.63, 3.8) is 0 Å². The number of halogens is 1. The van der Waals surface area contributed by atoms with Crippen molar-refractivity contribution in [3.05, 3.63) is 76.6 Å². The van der Waals surface area contributed by atoms with Crippen LogP contribution >= 0.6 is 11.6 Å². The first kappa shape index (κ1) is 21.8. The zero-order chi connectivity index (χ0) is 22.1. The number of nitrogens with one attached hydrogen (secondary N) is 1. The van der Waals surface area contributed by atoms with Gasteiger partial charge in [0.15, 0.2) is 5.78 Å². The van der Waals surface area contributed by atoms with Crippen molar-refractivity contribution in [2.75, 3.05) is 0 Å². The summed E-state index contributed by atoms with van der Waals surface area (Å²) in [4.78, 5) is 29.5. The fraction of sp³-hybridized carbons (Fsp3) is 0.292. The molecule has 0 atom stereocenters. The number of ether oxygens (including phenoxy) is 1. The van der Waals surface area contributed by atoms with Crippen LogP contribution in [0.4, 0.5) is 4.79 Å². The number of carbonyl (C=O) groups excluding carboxylic acids is 2. The van der Waals surface area contributed by atoms with Crippen LogP contribution in [0.25, 0.3) is 10.8 Å². The summed E-state index contributed by atoms with van der Waals surface area (Å²) in [6, 6.07) is 12.5. The summed E-state index contributed by atoms with van der Waals surface area (Å²) in [7, 11) is 0. The molecule has 30 heavy (non-hydrogen) atoms. The van der Waals surface area contributed by atoms with E-state index in [0.29, 0.717) is 16.1 Å². The molecule has 0 saturated heterocycles. The summed E-state index contributed by atoms with van der Waals surface area (Å²) < 4.78 is 5.34. The van der Waals surface area contributed by atoms with E-state index in [-0.39, 0.29) is 5.78 Å². The maximum atomic E-state index is 13.2. The van der Waals surface area contributed by atoms with Gasteiger partial charge in [0.05, 0.1) is 10.6 Å². The van der Waals surface area contributed by atoms with E-state index < -0.39 is 17.2 Å². The normalized spacial score (nSPS) is 11.9. The number of pyridine rings is 1. The summed E-state index contributed by atoms with van der Waals surface area (Å²) in [5, 5.41) is 4.88. The van der Waals surface area contributed by atoms with E-state index in [2.05, 4.69) is 10.3 Å². The van der Waals surface area contributed by atoms with E-state index >= 15 is 0 Å². The van der Waals surface area contributed by atoms with Gasteiger partial charge in [0.25, 0.3) is 0 Å². The average Bonchev–Trinajstić information content (AvgIpc) is 2.65. The Labute approximate surface area is 181 Å². The van der Waals surface area contributed by atoms with Crippen molar-refractivity contribution in [2.24, 2.45) is 0 Å². The molecule has 0 saturated carbocycles. The molecule has 2 aromatic carbocycles. The van der Waals surface area contributed by atoms with Crippen LogP contribution in [0, 0.1) is 0 Å². The van der Waals surface area contributed by atoms with Crippen molar-refractivity contribution >= 4 is 34.2 Å². The lowest BCUT2D eigenvalue weighted by molar-refractivity contribution is 0.0470. The molecule has 6 heteroatoms. The van der Waals surface area contributed by atoms with Crippen LogP contribution < -0.4 is 5.32 Å².